The lowest BCUT2D eigenvalue weighted by atomic mass is 9.76. The van der Waals surface area contributed by atoms with Crippen LogP contribution in [0.25, 0.3) is 0 Å². The first-order chi connectivity index (χ1) is 5.24. The Hall–Kier alpha value is 0. The molecule has 0 unspecified atom stereocenters. The third-order valence-corrected chi connectivity index (χ3v) is 3.41. The van der Waals surface area contributed by atoms with E-state index in [4.69, 9.17) is 0 Å². The van der Waals surface area contributed by atoms with Crippen molar-refractivity contribution in [2.45, 2.75) is 67.7 Å². The van der Waals surface area contributed by atoms with Crippen LogP contribution in [0.1, 0.15) is 67.7 Å². The van der Waals surface area contributed by atoms with Crippen molar-refractivity contribution in [2.75, 3.05) is 0 Å². The van der Waals surface area contributed by atoms with Crippen molar-refractivity contribution >= 4 is 0 Å². The molecular formula is C13H30. The fraction of sp³-hybridized carbons (Fsp3) is 1.00. The van der Waals surface area contributed by atoms with Gasteiger partial charge in [0, 0.05) is 0 Å². The molecule has 1 fully saturated rings. The summed E-state index contributed by atoms with van der Waals surface area (Å²) in [4.78, 5) is 0. The molecule has 0 aromatic heterocycles. The second-order valence-corrected chi connectivity index (χ2v) is 4.43. The molecule has 0 radical (unpaired) electrons. The molecule has 0 amide bonds. The zero-order chi connectivity index (χ0) is 8.27. The van der Waals surface area contributed by atoms with Gasteiger partial charge in [-0.1, -0.05) is 54.9 Å². The summed E-state index contributed by atoms with van der Waals surface area (Å²) in [6, 6.07) is 0. The van der Waals surface area contributed by atoms with Crippen LogP contribution in [0.2, 0.25) is 0 Å². The SMILES string of the molecule is C.C.CCC1CCC(C(C)C)CC1. The standard InChI is InChI=1S/C11H22.2CH4/c1-4-10-5-7-11(8-6-10)9(2)3;;/h9-11H,4-8H2,1-3H3;2*1H4. The summed E-state index contributed by atoms with van der Waals surface area (Å²) in [5, 5.41) is 0. The molecule has 0 spiro atoms. The fourth-order valence-corrected chi connectivity index (χ4v) is 2.26. The van der Waals surface area contributed by atoms with Gasteiger partial charge in [0.05, 0.1) is 0 Å². The van der Waals surface area contributed by atoms with Crippen LogP contribution >= 0.6 is 0 Å². The highest BCUT2D eigenvalue weighted by molar-refractivity contribution is 4.73. The molecule has 1 aliphatic rings. The van der Waals surface area contributed by atoms with E-state index in [-0.39, 0.29) is 14.9 Å². The van der Waals surface area contributed by atoms with Crippen LogP contribution in [0.3, 0.4) is 0 Å². The highest BCUT2D eigenvalue weighted by Crippen LogP contribution is 2.34. The van der Waals surface area contributed by atoms with Crippen LogP contribution in [0, 0.1) is 17.8 Å². The Morgan fingerprint density at radius 2 is 1.46 bits per heavy atom. The molecule has 0 heteroatoms. The van der Waals surface area contributed by atoms with Gasteiger partial charge in [-0.15, -0.1) is 0 Å². The Labute approximate surface area is 86.1 Å². The van der Waals surface area contributed by atoms with Gasteiger partial charge < -0.3 is 0 Å². The first-order valence-corrected chi connectivity index (χ1v) is 5.24. The van der Waals surface area contributed by atoms with Gasteiger partial charge in [0.1, 0.15) is 0 Å². The predicted molar refractivity (Wildman–Crippen MR) is 64.0 cm³/mol. The zero-order valence-corrected chi connectivity index (χ0v) is 8.27. The average Bonchev–Trinajstić information content (AvgIpc) is 2.05. The van der Waals surface area contributed by atoms with Gasteiger partial charge in [-0.25, -0.2) is 0 Å². The number of hydrogen-bond acceptors (Lipinski definition) is 0. The van der Waals surface area contributed by atoms with E-state index in [2.05, 4.69) is 20.8 Å². The zero-order valence-electron chi connectivity index (χ0n) is 8.27. The van der Waals surface area contributed by atoms with Crippen LogP contribution in [-0.4, -0.2) is 0 Å². The van der Waals surface area contributed by atoms with Crippen molar-refractivity contribution in [1.29, 1.82) is 0 Å². The monoisotopic (exact) mass is 186 g/mol. The van der Waals surface area contributed by atoms with E-state index in [0.717, 1.165) is 17.8 Å². The Morgan fingerprint density at radius 3 is 1.77 bits per heavy atom. The molecule has 13 heavy (non-hydrogen) atoms. The van der Waals surface area contributed by atoms with Gasteiger partial charge in [0.15, 0.2) is 0 Å². The average molecular weight is 186 g/mol. The maximum absolute atomic E-state index is 2.37. The first kappa shape index (κ1) is 15.5. The van der Waals surface area contributed by atoms with Crippen LogP contribution in [0.4, 0.5) is 0 Å². The minimum absolute atomic E-state index is 0. The summed E-state index contributed by atoms with van der Waals surface area (Å²) >= 11 is 0. The lowest BCUT2D eigenvalue weighted by Gasteiger charge is -2.30. The Morgan fingerprint density at radius 1 is 1.00 bits per heavy atom. The van der Waals surface area contributed by atoms with Crippen molar-refractivity contribution in [2.24, 2.45) is 17.8 Å². The van der Waals surface area contributed by atoms with Gasteiger partial charge in [-0.3, -0.25) is 0 Å². The second-order valence-electron chi connectivity index (χ2n) is 4.43. The lowest BCUT2D eigenvalue weighted by Crippen LogP contribution is -2.17. The third-order valence-electron chi connectivity index (χ3n) is 3.41. The highest BCUT2D eigenvalue weighted by atomic mass is 14.3. The molecule has 0 saturated heterocycles. The number of hydrogen-bond donors (Lipinski definition) is 0. The summed E-state index contributed by atoms with van der Waals surface area (Å²) in [7, 11) is 0. The van der Waals surface area contributed by atoms with Crippen molar-refractivity contribution < 1.29 is 0 Å². The van der Waals surface area contributed by atoms with Crippen molar-refractivity contribution in [3.8, 4) is 0 Å². The van der Waals surface area contributed by atoms with Crippen molar-refractivity contribution in [1.82, 2.24) is 0 Å². The van der Waals surface area contributed by atoms with Crippen LogP contribution in [0.5, 0.6) is 0 Å². The van der Waals surface area contributed by atoms with E-state index in [1.54, 1.807) is 0 Å². The molecule has 0 aromatic rings. The lowest BCUT2D eigenvalue weighted by molar-refractivity contribution is 0.221. The van der Waals surface area contributed by atoms with E-state index in [1.807, 2.05) is 0 Å². The third kappa shape index (κ3) is 4.69. The van der Waals surface area contributed by atoms with Crippen molar-refractivity contribution in [3.63, 3.8) is 0 Å². The van der Waals surface area contributed by atoms with E-state index >= 15 is 0 Å². The predicted octanol–water partition coefficient (Wildman–Crippen LogP) is 5.13. The minimum Gasteiger partial charge on any atom is -0.0776 e. The Kier molecular flexibility index (Phi) is 8.82. The quantitative estimate of drug-likeness (QED) is 0.561. The molecule has 0 aliphatic heterocycles. The number of rotatable bonds is 2. The summed E-state index contributed by atoms with van der Waals surface area (Å²) in [5.41, 5.74) is 0. The van der Waals surface area contributed by atoms with Gasteiger partial charge in [0.2, 0.25) is 0 Å². The van der Waals surface area contributed by atoms with E-state index in [0.29, 0.717) is 0 Å². The van der Waals surface area contributed by atoms with E-state index in [1.165, 1.54) is 32.1 Å². The fourth-order valence-electron chi connectivity index (χ4n) is 2.26. The Balaban J connectivity index is 0. The summed E-state index contributed by atoms with van der Waals surface area (Å²) in [5.74, 6) is 3.02. The molecule has 0 N–H and O–H groups in total. The largest absolute Gasteiger partial charge is 0.0776 e. The molecule has 0 aromatic carbocycles. The maximum atomic E-state index is 2.37. The van der Waals surface area contributed by atoms with Gasteiger partial charge in [-0.05, 0) is 30.6 Å². The van der Waals surface area contributed by atoms with Crippen LogP contribution in [-0.2, 0) is 0 Å². The Bertz CT molecular complexity index is 96.6. The molecule has 1 aliphatic carbocycles. The van der Waals surface area contributed by atoms with Crippen LogP contribution < -0.4 is 0 Å². The smallest absolute Gasteiger partial charge is 0.0391 e. The second kappa shape index (κ2) is 7.41. The normalized spacial score (nSPS) is 27.7. The molecular weight excluding hydrogens is 156 g/mol. The molecule has 1 saturated carbocycles. The molecule has 0 nitrogen and oxygen atoms in total. The molecule has 0 bridgehead atoms. The topological polar surface area (TPSA) is 0 Å². The van der Waals surface area contributed by atoms with Crippen molar-refractivity contribution in [3.05, 3.63) is 0 Å². The van der Waals surface area contributed by atoms with Crippen LogP contribution in [0.15, 0.2) is 0 Å². The first-order valence-electron chi connectivity index (χ1n) is 5.24. The maximum Gasteiger partial charge on any atom is -0.0391 e. The molecule has 1 rings (SSSR count). The van der Waals surface area contributed by atoms with E-state index < -0.39 is 0 Å². The summed E-state index contributed by atoms with van der Waals surface area (Å²) in [6.45, 7) is 7.08. The molecule has 0 heterocycles. The molecule has 0 atom stereocenters. The highest BCUT2D eigenvalue weighted by Gasteiger charge is 2.21. The van der Waals surface area contributed by atoms with E-state index in [9.17, 15) is 0 Å². The summed E-state index contributed by atoms with van der Waals surface area (Å²) < 4.78 is 0. The summed E-state index contributed by atoms with van der Waals surface area (Å²) in [6.07, 6.45) is 7.40. The van der Waals surface area contributed by atoms with Gasteiger partial charge in [-0.2, -0.15) is 0 Å². The minimum atomic E-state index is 0. The molecule has 82 valence electrons. The van der Waals surface area contributed by atoms with Gasteiger partial charge >= 0.3 is 0 Å². The van der Waals surface area contributed by atoms with Gasteiger partial charge in [0.25, 0.3) is 0 Å².